The lowest BCUT2D eigenvalue weighted by Crippen LogP contribution is -2.37. The fourth-order valence-electron chi connectivity index (χ4n) is 3.01. The van der Waals surface area contributed by atoms with E-state index >= 15 is 0 Å². The highest BCUT2D eigenvalue weighted by atomic mass is 127. The summed E-state index contributed by atoms with van der Waals surface area (Å²) < 4.78 is 5.56. The van der Waals surface area contributed by atoms with Crippen LogP contribution in [-0.2, 0) is 16.1 Å². The summed E-state index contributed by atoms with van der Waals surface area (Å²) in [7, 11) is 1.78. The third-order valence-electron chi connectivity index (χ3n) is 4.66. The number of rotatable bonds is 10. The Morgan fingerprint density at radius 3 is 2.57 bits per heavy atom. The highest BCUT2D eigenvalue weighted by molar-refractivity contribution is 14.0. The maximum Gasteiger partial charge on any atom is 0.226 e. The van der Waals surface area contributed by atoms with E-state index in [-0.39, 0.29) is 29.9 Å². The van der Waals surface area contributed by atoms with E-state index in [1.54, 1.807) is 7.05 Å². The molecular formula is C21H35IN4O2. The maximum atomic E-state index is 12.0. The normalized spacial score (nSPS) is 14.6. The minimum atomic E-state index is 0. The molecule has 1 aromatic carbocycles. The molecule has 28 heavy (non-hydrogen) atoms. The van der Waals surface area contributed by atoms with Gasteiger partial charge in [0.05, 0.1) is 0 Å². The number of carbonyl (C=O) groups is 1. The van der Waals surface area contributed by atoms with Crippen LogP contribution in [0.4, 0.5) is 5.69 Å². The second-order valence-electron chi connectivity index (χ2n) is 6.84. The quantitative estimate of drug-likeness (QED) is 0.222. The summed E-state index contributed by atoms with van der Waals surface area (Å²) in [6.45, 7) is 6.16. The summed E-state index contributed by atoms with van der Waals surface area (Å²) >= 11 is 0. The molecule has 2 rings (SSSR count). The van der Waals surface area contributed by atoms with Crippen molar-refractivity contribution in [1.29, 1.82) is 0 Å². The molecule has 0 aliphatic carbocycles. The van der Waals surface area contributed by atoms with Crippen LogP contribution < -0.4 is 15.5 Å². The van der Waals surface area contributed by atoms with Gasteiger partial charge in [0.25, 0.3) is 0 Å². The largest absolute Gasteiger partial charge is 0.381 e. The molecule has 0 aromatic heterocycles. The number of nitrogens with zero attached hydrogens (tertiary/aromatic N) is 2. The lowest BCUT2D eigenvalue weighted by Gasteiger charge is -2.26. The van der Waals surface area contributed by atoms with Crippen LogP contribution in [0.5, 0.6) is 0 Å². The Bertz CT molecular complexity index is 593. The summed E-state index contributed by atoms with van der Waals surface area (Å²) in [5, 5.41) is 6.63. The van der Waals surface area contributed by atoms with Crippen LogP contribution in [0.15, 0.2) is 29.3 Å². The average Bonchev–Trinajstić information content (AvgIpc) is 2.70. The Morgan fingerprint density at radius 1 is 1.14 bits per heavy atom. The Hall–Kier alpha value is -1.35. The molecule has 0 bridgehead atoms. The van der Waals surface area contributed by atoms with Gasteiger partial charge < -0.3 is 20.3 Å². The van der Waals surface area contributed by atoms with Crippen LogP contribution in [-0.4, -0.2) is 45.2 Å². The minimum Gasteiger partial charge on any atom is -0.381 e. The number of amides is 1. The second-order valence-corrected chi connectivity index (χ2v) is 6.84. The van der Waals surface area contributed by atoms with Gasteiger partial charge in [-0.2, -0.15) is 0 Å². The molecule has 1 aliphatic heterocycles. The van der Waals surface area contributed by atoms with E-state index in [0.29, 0.717) is 13.0 Å². The molecular weight excluding hydrogens is 467 g/mol. The number of nitrogens with one attached hydrogen (secondary N) is 2. The van der Waals surface area contributed by atoms with Crippen LogP contribution in [0.2, 0.25) is 0 Å². The number of hydrogen-bond acceptors (Lipinski definition) is 3. The van der Waals surface area contributed by atoms with Crippen molar-refractivity contribution in [3.05, 3.63) is 29.8 Å². The predicted molar refractivity (Wildman–Crippen MR) is 127 cm³/mol. The molecule has 158 valence electrons. The molecule has 1 aliphatic rings. The first-order valence-electron chi connectivity index (χ1n) is 10.2. The van der Waals surface area contributed by atoms with Crippen molar-refractivity contribution in [3.8, 4) is 0 Å². The molecule has 1 amide bonds. The zero-order chi connectivity index (χ0) is 19.3. The summed E-state index contributed by atoms with van der Waals surface area (Å²) in [6, 6.07) is 8.20. The molecule has 1 saturated heterocycles. The van der Waals surface area contributed by atoms with Crippen molar-refractivity contribution in [3.63, 3.8) is 0 Å². The Labute approximate surface area is 186 Å². The predicted octanol–water partition coefficient (Wildman–Crippen LogP) is 3.69. The highest BCUT2D eigenvalue weighted by Crippen LogP contribution is 2.21. The van der Waals surface area contributed by atoms with Gasteiger partial charge in [-0.3, -0.25) is 9.79 Å². The third kappa shape index (κ3) is 8.77. The number of halogens is 1. The van der Waals surface area contributed by atoms with Crippen molar-refractivity contribution < 1.29 is 9.53 Å². The van der Waals surface area contributed by atoms with Gasteiger partial charge in [0.1, 0.15) is 0 Å². The van der Waals surface area contributed by atoms with E-state index in [2.05, 4.69) is 34.7 Å². The number of piperidine rings is 1. The van der Waals surface area contributed by atoms with E-state index in [9.17, 15) is 4.79 Å². The van der Waals surface area contributed by atoms with Crippen LogP contribution in [0.25, 0.3) is 0 Å². The molecule has 0 spiro atoms. The third-order valence-corrected chi connectivity index (χ3v) is 4.66. The average molecular weight is 502 g/mol. The first-order valence-corrected chi connectivity index (χ1v) is 10.2. The smallest absolute Gasteiger partial charge is 0.226 e. The number of carbonyl (C=O) groups excluding carboxylic acids is 1. The number of unbranched alkanes of at least 4 members (excludes halogenated alkanes) is 1. The number of aliphatic imine (C=N–C) groups is 1. The van der Waals surface area contributed by atoms with Crippen molar-refractivity contribution in [2.45, 2.75) is 52.0 Å². The van der Waals surface area contributed by atoms with Gasteiger partial charge in [-0.25, -0.2) is 0 Å². The first kappa shape index (κ1) is 24.7. The Morgan fingerprint density at radius 2 is 1.89 bits per heavy atom. The molecule has 6 nitrogen and oxygen atoms in total. The Kier molecular flexibility index (Phi) is 12.9. The number of guanidine groups is 1. The first-order chi connectivity index (χ1) is 13.2. The molecule has 7 heteroatoms. The van der Waals surface area contributed by atoms with Crippen LogP contribution in [0, 0.1) is 0 Å². The molecule has 1 fully saturated rings. The van der Waals surface area contributed by atoms with Gasteiger partial charge >= 0.3 is 0 Å². The lowest BCUT2D eigenvalue weighted by molar-refractivity contribution is -0.119. The summed E-state index contributed by atoms with van der Waals surface area (Å²) in [4.78, 5) is 18.2. The molecule has 0 saturated carbocycles. The van der Waals surface area contributed by atoms with Gasteiger partial charge in [-0.1, -0.05) is 25.5 Å². The molecule has 0 unspecified atom stereocenters. The minimum absolute atomic E-state index is 0. The summed E-state index contributed by atoms with van der Waals surface area (Å²) in [5.74, 6) is 1.02. The highest BCUT2D eigenvalue weighted by Gasteiger charge is 2.19. The van der Waals surface area contributed by atoms with Gasteiger partial charge in [0.15, 0.2) is 5.96 Å². The van der Waals surface area contributed by atoms with Crippen LogP contribution >= 0.6 is 24.0 Å². The zero-order valence-corrected chi connectivity index (χ0v) is 19.5. The molecule has 1 heterocycles. The monoisotopic (exact) mass is 502 g/mol. The molecule has 0 atom stereocenters. The number of benzene rings is 1. The standard InChI is InChI=1S/C21H34N4O2.HI/c1-3-4-15-27-16-7-13-23-21(22-2)24-17-18-9-11-19(12-10-18)25-14-6-5-8-20(25)26;/h9-12H,3-8,13-17H2,1-2H3,(H2,22,23,24);1H. The van der Waals surface area contributed by atoms with Gasteiger partial charge in [-0.05, 0) is 43.4 Å². The topological polar surface area (TPSA) is 66.0 Å². The fourth-order valence-corrected chi connectivity index (χ4v) is 3.01. The van der Waals surface area contributed by atoms with Crippen molar-refractivity contribution in [1.82, 2.24) is 10.6 Å². The van der Waals surface area contributed by atoms with E-state index in [1.807, 2.05) is 17.0 Å². The van der Waals surface area contributed by atoms with Gasteiger partial charge in [-0.15, -0.1) is 24.0 Å². The van der Waals surface area contributed by atoms with E-state index in [0.717, 1.165) is 69.2 Å². The van der Waals surface area contributed by atoms with E-state index < -0.39 is 0 Å². The van der Waals surface area contributed by atoms with Crippen LogP contribution in [0.3, 0.4) is 0 Å². The SMILES string of the molecule is CCCCOCCCNC(=NC)NCc1ccc(N2CCCCC2=O)cc1.I. The fraction of sp³-hybridized carbons (Fsp3) is 0.619. The summed E-state index contributed by atoms with van der Waals surface area (Å²) in [6.07, 6.45) is 6.01. The van der Waals surface area contributed by atoms with Gasteiger partial charge in [0, 0.05) is 52.0 Å². The number of anilines is 1. The van der Waals surface area contributed by atoms with E-state index in [4.69, 9.17) is 4.74 Å². The number of ether oxygens (including phenoxy) is 1. The maximum absolute atomic E-state index is 12.0. The van der Waals surface area contributed by atoms with Gasteiger partial charge in [0.2, 0.25) is 5.91 Å². The Balaban J connectivity index is 0.00000392. The summed E-state index contributed by atoms with van der Waals surface area (Å²) in [5.41, 5.74) is 2.16. The second kappa shape index (κ2) is 14.6. The lowest BCUT2D eigenvalue weighted by atomic mass is 10.1. The van der Waals surface area contributed by atoms with Crippen LogP contribution in [0.1, 0.15) is 51.0 Å². The molecule has 0 radical (unpaired) electrons. The zero-order valence-electron chi connectivity index (χ0n) is 17.2. The van der Waals surface area contributed by atoms with Crippen molar-refractivity contribution >= 4 is 41.5 Å². The molecule has 2 N–H and O–H groups in total. The van der Waals surface area contributed by atoms with Crippen molar-refractivity contribution in [2.24, 2.45) is 4.99 Å². The molecule has 1 aromatic rings. The van der Waals surface area contributed by atoms with Crippen molar-refractivity contribution in [2.75, 3.05) is 38.3 Å². The number of hydrogen-bond donors (Lipinski definition) is 2. The van der Waals surface area contributed by atoms with E-state index in [1.165, 1.54) is 6.42 Å².